The van der Waals surface area contributed by atoms with Crippen LogP contribution in [0.1, 0.15) is 5.69 Å². The lowest BCUT2D eigenvalue weighted by atomic mass is 9.99. The third kappa shape index (κ3) is 3.42. The third-order valence-electron chi connectivity index (χ3n) is 6.21. The zero-order valence-corrected chi connectivity index (χ0v) is 18.2. The fraction of sp³-hybridized carbons (Fsp3) is 0.0357. The Hall–Kier alpha value is -4.71. The third-order valence-corrected chi connectivity index (χ3v) is 6.21. The van der Waals surface area contributed by atoms with Gasteiger partial charge in [0.15, 0.2) is 0 Å². The van der Waals surface area contributed by atoms with Crippen LogP contribution in [0.15, 0.2) is 110 Å². The van der Waals surface area contributed by atoms with Crippen LogP contribution in [0.4, 0.5) is 5.69 Å². The van der Waals surface area contributed by atoms with E-state index in [9.17, 15) is 10.1 Å². The molecule has 34 heavy (non-hydrogen) atoms. The van der Waals surface area contributed by atoms with Crippen LogP contribution in [-0.4, -0.2) is 19.0 Å². The van der Waals surface area contributed by atoms with Crippen LogP contribution in [0.3, 0.4) is 0 Å². The molecule has 0 saturated carbocycles. The summed E-state index contributed by atoms with van der Waals surface area (Å²) in [6.45, 7) is 0.457. The van der Waals surface area contributed by atoms with Crippen LogP contribution in [0.25, 0.3) is 38.4 Å². The number of nitrogens with zero attached hydrogens (tertiary/aromatic N) is 4. The van der Waals surface area contributed by atoms with E-state index in [-0.39, 0.29) is 10.6 Å². The van der Waals surface area contributed by atoms with E-state index in [1.165, 1.54) is 5.39 Å². The van der Waals surface area contributed by atoms with Crippen molar-refractivity contribution in [1.29, 1.82) is 0 Å². The summed E-state index contributed by atoms with van der Waals surface area (Å²) in [4.78, 5) is 16.0. The normalized spacial score (nSPS) is 11.3. The first-order chi connectivity index (χ1) is 16.7. The maximum atomic E-state index is 11.9. The van der Waals surface area contributed by atoms with Gasteiger partial charge in [0, 0.05) is 11.9 Å². The maximum Gasteiger partial charge on any atom is 0.294 e. The van der Waals surface area contributed by atoms with Crippen LogP contribution >= 0.6 is 0 Å². The Bertz CT molecular complexity index is 1670. The van der Waals surface area contributed by atoms with Crippen LogP contribution in [0.5, 0.6) is 0 Å². The lowest BCUT2D eigenvalue weighted by molar-refractivity contribution is -0.384. The van der Waals surface area contributed by atoms with Crippen molar-refractivity contribution in [3.8, 4) is 16.8 Å². The highest BCUT2D eigenvalue weighted by atomic mass is 16.6. The minimum Gasteiger partial charge on any atom is -0.341 e. The molecule has 6 rings (SSSR count). The molecule has 4 aromatic carbocycles. The van der Waals surface area contributed by atoms with E-state index in [0.29, 0.717) is 12.1 Å². The van der Waals surface area contributed by atoms with Gasteiger partial charge in [0.25, 0.3) is 5.69 Å². The zero-order valence-electron chi connectivity index (χ0n) is 18.2. The van der Waals surface area contributed by atoms with Crippen LogP contribution in [-0.2, 0) is 6.54 Å². The molecule has 0 saturated heterocycles. The monoisotopic (exact) mass is 444 g/mol. The summed E-state index contributed by atoms with van der Waals surface area (Å²) < 4.78 is 3.89. The zero-order chi connectivity index (χ0) is 23.1. The summed E-state index contributed by atoms with van der Waals surface area (Å²) in [5.74, 6) is 0. The summed E-state index contributed by atoms with van der Waals surface area (Å²) in [7, 11) is 0. The van der Waals surface area contributed by atoms with Gasteiger partial charge in [-0.05, 0) is 39.2 Å². The van der Waals surface area contributed by atoms with Crippen LogP contribution < -0.4 is 0 Å². The predicted molar refractivity (Wildman–Crippen MR) is 134 cm³/mol. The molecule has 0 amide bonds. The summed E-state index contributed by atoms with van der Waals surface area (Å²) in [5.41, 5.74) is 3.49. The molecule has 0 unspecified atom stereocenters. The average Bonchev–Trinajstić information content (AvgIpc) is 3.51. The fourth-order valence-corrected chi connectivity index (χ4v) is 4.59. The van der Waals surface area contributed by atoms with Crippen LogP contribution in [0.2, 0.25) is 0 Å². The minimum atomic E-state index is -0.311. The predicted octanol–water partition coefficient (Wildman–Crippen LogP) is 6.60. The molecule has 0 aliphatic carbocycles. The number of hydrogen-bond donors (Lipinski definition) is 0. The average molecular weight is 444 g/mol. The fourth-order valence-electron chi connectivity index (χ4n) is 4.59. The van der Waals surface area contributed by atoms with E-state index in [0.717, 1.165) is 33.1 Å². The van der Waals surface area contributed by atoms with E-state index in [2.05, 4.69) is 35.3 Å². The number of aromatic nitrogens is 3. The summed E-state index contributed by atoms with van der Waals surface area (Å²) >= 11 is 0. The second-order valence-corrected chi connectivity index (χ2v) is 8.30. The summed E-state index contributed by atoms with van der Waals surface area (Å²) in [5, 5.41) is 16.3. The Morgan fingerprint density at radius 1 is 0.794 bits per heavy atom. The van der Waals surface area contributed by atoms with Gasteiger partial charge < -0.3 is 9.13 Å². The van der Waals surface area contributed by atoms with Crippen molar-refractivity contribution in [2.75, 3.05) is 0 Å². The molecule has 164 valence electrons. The smallest absolute Gasteiger partial charge is 0.294 e. The lowest BCUT2D eigenvalue weighted by Gasteiger charge is -2.10. The topological polar surface area (TPSA) is 65.9 Å². The van der Waals surface area contributed by atoms with Crippen molar-refractivity contribution in [1.82, 2.24) is 14.1 Å². The molecule has 6 heteroatoms. The Morgan fingerprint density at radius 2 is 1.56 bits per heavy atom. The largest absolute Gasteiger partial charge is 0.341 e. The molecular weight excluding hydrogens is 424 g/mol. The van der Waals surface area contributed by atoms with Gasteiger partial charge in [0.2, 0.25) is 0 Å². The molecule has 0 bridgehead atoms. The van der Waals surface area contributed by atoms with E-state index >= 15 is 0 Å². The van der Waals surface area contributed by atoms with Crippen molar-refractivity contribution in [3.63, 3.8) is 0 Å². The van der Waals surface area contributed by atoms with E-state index in [1.807, 2.05) is 69.9 Å². The molecule has 0 spiro atoms. The first-order valence-electron chi connectivity index (χ1n) is 11.0. The second-order valence-electron chi connectivity index (χ2n) is 8.30. The van der Waals surface area contributed by atoms with E-state index in [1.54, 1.807) is 18.7 Å². The number of nitro groups is 1. The molecule has 0 atom stereocenters. The molecule has 6 aromatic rings. The SMILES string of the molecule is O=[N+]([O-])c1cn(Cc2cncn2-c2ccc3ccccc3c2)cc1-c1cccc2ccccc12. The Balaban J connectivity index is 1.41. The first-order valence-corrected chi connectivity index (χ1v) is 11.0. The van der Waals surface area contributed by atoms with E-state index in [4.69, 9.17) is 0 Å². The molecule has 0 N–H and O–H groups in total. The summed E-state index contributed by atoms with van der Waals surface area (Å²) in [6, 6.07) is 28.3. The van der Waals surface area contributed by atoms with Crippen molar-refractivity contribution < 1.29 is 4.92 Å². The molecule has 0 aliphatic heterocycles. The molecule has 6 nitrogen and oxygen atoms in total. The Morgan fingerprint density at radius 3 is 2.41 bits per heavy atom. The van der Waals surface area contributed by atoms with Gasteiger partial charge in [-0.2, -0.15) is 0 Å². The molecule has 2 aromatic heterocycles. The highest BCUT2D eigenvalue weighted by Crippen LogP contribution is 2.36. The second kappa shape index (κ2) is 8.01. The lowest BCUT2D eigenvalue weighted by Crippen LogP contribution is -2.04. The number of rotatable bonds is 5. The highest BCUT2D eigenvalue weighted by Gasteiger charge is 2.21. The molecule has 2 heterocycles. The molecule has 0 aliphatic rings. The highest BCUT2D eigenvalue weighted by molar-refractivity contribution is 5.98. The minimum absolute atomic E-state index is 0.0909. The van der Waals surface area contributed by atoms with E-state index < -0.39 is 0 Å². The van der Waals surface area contributed by atoms with Gasteiger partial charge in [0.05, 0.1) is 41.4 Å². The number of imidazole rings is 1. The number of benzene rings is 4. The van der Waals surface area contributed by atoms with Gasteiger partial charge >= 0.3 is 0 Å². The first kappa shape index (κ1) is 19.9. The van der Waals surface area contributed by atoms with Gasteiger partial charge in [-0.25, -0.2) is 4.98 Å². The van der Waals surface area contributed by atoms with Crippen molar-refractivity contribution in [3.05, 3.63) is 126 Å². The van der Waals surface area contributed by atoms with Gasteiger partial charge in [0.1, 0.15) is 0 Å². The van der Waals surface area contributed by atoms with Crippen molar-refractivity contribution >= 4 is 27.2 Å². The number of hydrogen-bond acceptors (Lipinski definition) is 3. The molecular formula is C28H20N4O2. The summed E-state index contributed by atoms with van der Waals surface area (Å²) in [6.07, 6.45) is 7.05. The Kier molecular flexibility index (Phi) is 4.70. The van der Waals surface area contributed by atoms with Crippen molar-refractivity contribution in [2.45, 2.75) is 6.54 Å². The Labute approximate surface area is 195 Å². The maximum absolute atomic E-state index is 11.9. The van der Waals surface area contributed by atoms with Crippen LogP contribution in [0, 0.1) is 10.1 Å². The molecule has 0 radical (unpaired) electrons. The number of fused-ring (bicyclic) bond motifs is 2. The molecule has 0 fully saturated rings. The van der Waals surface area contributed by atoms with Gasteiger partial charge in [-0.3, -0.25) is 10.1 Å². The quantitative estimate of drug-likeness (QED) is 0.222. The standard InChI is InChI=1S/C28H20N4O2/c33-32(34)28-18-30(17-27(28)26-11-5-9-21-7-3-4-10-25(21)26)16-24-15-29-19-31(24)23-13-12-20-6-1-2-8-22(20)14-23/h1-15,17-19H,16H2. The van der Waals surface area contributed by atoms with Gasteiger partial charge in [-0.1, -0.05) is 72.8 Å². The van der Waals surface area contributed by atoms with Crippen molar-refractivity contribution in [2.24, 2.45) is 0 Å². The van der Waals surface area contributed by atoms with Gasteiger partial charge in [-0.15, -0.1) is 0 Å².